The van der Waals surface area contributed by atoms with Crippen LogP contribution in [0.4, 0.5) is 0 Å². The van der Waals surface area contributed by atoms with Crippen LogP contribution in [0.2, 0.25) is 0 Å². The fourth-order valence-corrected chi connectivity index (χ4v) is 3.26. The molecule has 0 amide bonds. The molecule has 1 aliphatic carbocycles. The Hall–Kier alpha value is -0.830. The van der Waals surface area contributed by atoms with Crippen LogP contribution in [-0.2, 0) is 6.42 Å². The van der Waals surface area contributed by atoms with Gasteiger partial charge in [0.25, 0.3) is 0 Å². The first-order valence-electron chi connectivity index (χ1n) is 8.28. The Kier molecular flexibility index (Phi) is 5.25. The molecule has 1 atom stereocenters. The van der Waals surface area contributed by atoms with Gasteiger partial charge in [-0.3, -0.25) is 4.68 Å². The molecule has 0 aliphatic heterocycles. The third-order valence-electron chi connectivity index (χ3n) is 5.23. The van der Waals surface area contributed by atoms with Crippen LogP contribution in [0.3, 0.4) is 0 Å². The number of nitrogens with zero attached hydrogens (tertiary/aromatic N) is 2. The van der Waals surface area contributed by atoms with Crippen molar-refractivity contribution in [3.05, 3.63) is 18.0 Å². The number of rotatable bonds is 6. The molecule has 3 nitrogen and oxygen atoms in total. The van der Waals surface area contributed by atoms with Crippen LogP contribution in [0.1, 0.15) is 71.0 Å². The first-order valence-corrected chi connectivity index (χ1v) is 8.28. The van der Waals surface area contributed by atoms with Crippen LogP contribution >= 0.6 is 0 Å². The van der Waals surface area contributed by atoms with E-state index >= 15 is 0 Å². The van der Waals surface area contributed by atoms with Gasteiger partial charge in [-0.15, -0.1) is 0 Å². The summed E-state index contributed by atoms with van der Waals surface area (Å²) in [7, 11) is 2.07. The van der Waals surface area contributed by atoms with Crippen LogP contribution in [0.25, 0.3) is 0 Å². The van der Waals surface area contributed by atoms with Crippen molar-refractivity contribution in [2.45, 2.75) is 77.8 Å². The van der Waals surface area contributed by atoms with Crippen molar-refractivity contribution in [1.29, 1.82) is 0 Å². The van der Waals surface area contributed by atoms with Crippen LogP contribution in [0.5, 0.6) is 0 Å². The molecule has 1 N–H and O–H groups in total. The molecule has 0 spiro atoms. The number of aromatic nitrogens is 2. The highest BCUT2D eigenvalue weighted by molar-refractivity contribution is 5.04. The summed E-state index contributed by atoms with van der Waals surface area (Å²) in [5.41, 5.74) is 1.54. The van der Waals surface area contributed by atoms with Gasteiger partial charge in [-0.1, -0.05) is 40.0 Å². The maximum Gasteiger partial charge on any atom is 0.0640 e. The van der Waals surface area contributed by atoms with Crippen molar-refractivity contribution >= 4 is 0 Å². The van der Waals surface area contributed by atoms with E-state index in [4.69, 9.17) is 5.10 Å². The van der Waals surface area contributed by atoms with Gasteiger partial charge in [-0.25, -0.2) is 0 Å². The Balaban J connectivity index is 2.01. The highest BCUT2D eigenvalue weighted by Crippen LogP contribution is 2.29. The van der Waals surface area contributed by atoms with Crippen LogP contribution in [0.15, 0.2) is 12.3 Å². The highest BCUT2D eigenvalue weighted by Gasteiger charge is 2.27. The summed E-state index contributed by atoms with van der Waals surface area (Å²) in [6.45, 7) is 6.95. The zero-order valence-electron chi connectivity index (χ0n) is 13.7. The zero-order valence-corrected chi connectivity index (χ0v) is 13.7. The van der Waals surface area contributed by atoms with Crippen LogP contribution < -0.4 is 5.32 Å². The van der Waals surface area contributed by atoms with Crippen molar-refractivity contribution < 1.29 is 0 Å². The Morgan fingerprint density at radius 1 is 1.35 bits per heavy atom. The van der Waals surface area contributed by atoms with Gasteiger partial charge in [0.15, 0.2) is 0 Å². The SMILES string of the molecule is CCC(C)(C)C(Cc1ccn(C2CCCCC2)n1)NC. The smallest absolute Gasteiger partial charge is 0.0640 e. The predicted molar refractivity (Wildman–Crippen MR) is 85.0 cm³/mol. The molecule has 1 aromatic rings. The molecule has 1 unspecified atom stereocenters. The molecule has 114 valence electrons. The summed E-state index contributed by atoms with van der Waals surface area (Å²) in [4.78, 5) is 0. The molecule has 0 aromatic carbocycles. The van der Waals surface area contributed by atoms with Crippen molar-refractivity contribution in [2.75, 3.05) is 7.05 Å². The molecule has 1 aromatic heterocycles. The lowest BCUT2D eigenvalue weighted by molar-refractivity contribution is 0.238. The Labute approximate surface area is 124 Å². The first kappa shape index (κ1) is 15.6. The normalized spacial score (nSPS) is 19.2. The summed E-state index contributed by atoms with van der Waals surface area (Å²) >= 11 is 0. The summed E-state index contributed by atoms with van der Waals surface area (Å²) in [6.07, 6.45) is 11.1. The lowest BCUT2D eigenvalue weighted by atomic mass is 9.80. The number of nitrogens with one attached hydrogen (secondary N) is 1. The molecular weight excluding hydrogens is 246 g/mol. The molecule has 20 heavy (non-hydrogen) atoms. The first-order chi connectivity index (χ1) is 9.56. The molecule has 3 heteroatoms. The van der Waals surface area contributed by atoms with Gasteiger partial charge in [0, 0.05) is 18.7 Å². The molecule has 0 saturated heterocycles. The van der Waals surface area contributed by atoms with E-state index in [1.165, 1.54) is 44.2 Å². The van der Waals surface area contributed by atoms with Gasteiger partial charge in [0.05, 0.1) is 11.7 Å². The second-order valence-electron chi connectivity index (χ2n) is 6.97. The summed E-state index contributed by atoms with van der Waals surface area (Å²) in [5.74, 6) is 0. The van der Waals surface area contributed by atoms with Gasteiger partial charge >= 0.3 is 0 Å². The average Bonchev–Trinajstić information content (AvgIpc) is 2.94. The van der Waals surface area contributed by atoms with E-state index in [1.54, 1.807) is 0 Å². The Bertz CT molecular complexity index is 402. The van der Waals surface area contributed by atoms with Gasteiger partial charge < -0.3 is 5.32 Å². The molecular formula is C17H31N3. The standard InChI is InChI=1S/C17H31N3/c1-5-17(2,3)16(18-4)13-14-11-12-20(19-14)15-9-7-6-8-10-15/h11-12,15-16,18H,5-10,13H2,1-4H3. The van der Waals surface area contributed by atoms with Gasteiger partial charge in [0.2, 0.25) is 0 Å². The van der Waals surface area contributed by atoms with Crippen LogP contribution in [-0.4, -0.2) is 22.9 Å². The van der Waals surface area contributed by atoms with E-state index in [2.05, 4.69) is 50.1 Å². The van der Waals surface area contributed by atoms with Crippen molar-refractivity contribution in [3.8, 4) is 0 Å². The van der Waals surface area contributed by atoms with Crippen molar-refractivity contribution in [1.82, 2.24) is 15.1 Å². The van der Waals surface area contributed by atoms with E-state index in [1.807, 2.05) is 0 Å². The summed E-state index contributed by atoms with van der Waals surface area (Å²) in [6, 6.07) is 3.34. The predicted octanol–water partition coefficient (Wildman–Crippen LogP) is 3.96. The minimum Gasteiger partial charge on any atom is -0.316 e. The number of hydrogen-bond donors (Lipinski definition) is 1. The van der Waals surface area contributed by atoms with E-state index in [0.717, 1.165) is 6.42 Å². The molecule has 2 rings (SSSR count). The van der Waals surface area contributed by atoms with Crippen molar-refractivity contribution in [3.63, 3.8) is 0 Å². The topological polar surface area (TPSA) is 29.9 Å². The van der Waals surface area contributed by atoms with Gasteiger partial charge in [0.1, 0.15) is 0 Å². The zero-order chi connectivity index (χ0) is 14.6. The van der Waals surface area contributed by atoms with E-state index in [0.29, 0.717) is 17.5 Å². The number of likely N-dealkylation sites (N-methyl/N-ethyl adjacent to an activating group) is 1. The van der Waals surface area contributed by atoms with Crippen molar-refractivity contribution in [2.24, 2.45) is 5.41 Å². The average molecular weight is 277 g/mol. The number of hydrogen-bond acceptors (Lipinski definition) is 2. The monoisotopic (exact) mass is 277 g/mol. The largest absolute Gasteiger partial charge is 0.316 e. The quantitative estimate of drug-likeness (QED) is 0.853. The lowest BCUT2D eigenvalue weighted by Crippen LogP contribution is -2.41. The van der Waals surface area contributed by atoms with E-state index in [9.17, 15) is 0 Å². The maximum atomic E-state index is 4.85. The molecule has 1 aliphatic rings. The minimum absolute atomic E-state index is 0.309. The molecule has 0 bridgehead atoms. The molecule has 1 heterocycles. The molecule has 1 saturated carbocycles. The fraction of sp³-hybridized carbons (Fsp3) is 0.824. The minimum atomic E-state index is 0.309. The summed E-state index contributed by atoms with van der Waals surface area (Å²) < 4.78 is 2.22. The Morgan fingerprint density at radius 2 is 2.05 bits per heavy atom. The van der Waals surface area contributed by atoms with E-state index in [-0.39, 0.29) is 0 Å². The van der Waals surface area contributed by atoms with E-state index < -0.39 is 0 Å². The lowest BCUT2D eigenvalue weighted by Gasteiger charge is -2.33. The highest BCUT2D eigenvalue weighted by atomic mass is 15.3. The third kappa shape index (κ3) is 3.63. The molecule has 1 fully saturated rings. The third-order valence-corrected chi connectivity index (χ3v) is 5.23. The van der Waals surface area contributed by atoms with Gasteiger partial charge in [-0.05, 0) is 37.8 Å². The summed E-state index contributed by atoms with van der Waals surface area (Å²) in [5, 5.41) is 8.33. The fourth-order valence-electron chi connectivity index (χ4n) is 3.26. The Morgan fingerprint density at radius 3 is 2.65 bits per heavy atom. The van der Waals surface area contributed by atoms with Crippen LogP contribution in [0, 0.1) is 5.41 Å². The second kappa shape index (κ2) is 6.75. The second-order valence-corrected chi connectivity index (χ2v) is 6.97. The molecule has 0 radical (unpaired) electrons. The maximum absolute atomic E-state index is 4.85. The van der Waals surface area contributed by atoms with Gasteiger partial charge in [-0.2, -0.15) is 5.10 Å².